The maximum Gasteiger partial charge on any atom is 0.122 e. The number of benzene rings is 1. The molecular formula is C17H24N2O2. The van der Waals surface area contributed by atoms with Gasteiger partial charge in [-0.05, 0) is 38.1 Å². The molecule has 1 aromatic carbocycles. The lowest BCUT2D eigenvalue weighted by atomic mass is 9.90. The fourth-order valence-electron chi connectivity index (χ4n) is 2.47. The van der Waals surface area contributed by atoms with Crippen LogP contribution >= 0.6 is 0 Å². The SMILES string of the molecule is COc1ccccc1CC(C)(CN)N(C)Cc1ccoc1. The quantitative estimate of drug-likeness (QED) is 0.851. The Kier molecular flexibility index (Phi) is 5.04. The van der Waals surface area contributed by atoms with E-state index in [0.29, 0.717) is 6.54 Å². The normalized spacial score (nSPS) is 14.1. The van der Waals surface area contributed by atoms with E-state index in [-0.39, 0.29) is 5.54 Å². The van der Waals surface area contributed by atoms with Gasteiger partial charge in [-0.2, -0.15) is 0 Å². The summed E-state index contributed by atoms with van der Waals surface area (Å²) in [4.78, 5) is 2.27. The van der Waals surface area contributed by atoms with Crippen LogP contribution in [0.1, 0.15) is 18.1 Å². The molecule has 0 aliphatic heterocycles. The summed E-state index contributed by atoms with van der Waals surface area (Å²) >= 11 is 0. The molecule has 0 saturated carbocycles. The number of nitrogens with two attached hydrogens (primary N) is 1. The number of nitrogens with zero attached hydrogens (tertiary/aromatic N) is 1. The summed E-state index contributed by atoms with van der Waals surface area (Å²) in [5.74, 6) is 0.911. The first-order chi connectivity index (χ1) is 10.1. The standard InChI is InChI=1S/C17H24N2O2/c1-17(13-18,19(2)11-14-8-9-21-12-14)10-15-6-4-5-7-16(15)20-3/h4-9,12H,10-11,13,18H2,1-3H3. The van der Waals surface area contributed by atoms with Crippen molar-refractivity contribution in [2.75, 3.05) is 20.7 Å². The van der Waals surface area contributed by atoms with Gasteiger partial charge in [0.2, 0.25) is 0 Å². The lowest BCUT2D eigenvalue weighted by molar-refractivity contribution is 0.135. The van der Waals surface area contributed by atoms with Gasteiger partial charge in [0.1, 0.15) is 5.75 Å². The number of rotatable bonds is 7. The summed E-state index contributed by atoms with van der Waals surface area (Å²) in [5.41, 5.74) is 8.25. The largest absolute Gasteiger partial charge is 0.496 e. The van der Waals surface area contributed by atoms with E-state index in [9.17, 15) is 0 Å². The molecular weight excluding hydrogens is 264 g/mol. The Bertz CT molecular complexity index is 554. The fraction of sp³-hybridized carbons (Fsp3) is 0.412. The van der Waals surface area contributed by atoms with E-state index in [0.717, 1.165) is 24.3 Å². The monoisotopic (exact) mass is 288 g/mol. The number of furan rings is 1. The molecule has 1 unspecified atom stereocenters. The second-order valence-electron chi connectivity index (χ2n) is 5.68. The van der Waals surface area contributed by atoms with Crippen molar-refractivity contribution in [3.8, 4) is 5.75 Å². The highest BCUT2D eigenvalue weighted by molar-refractivity contribution is 5.34. The summed E-state index contributed by atoms with van der Waals surface area (Å²) in [6.45, 7) is 3.55. The van der Waals surface area contributed by atoms with E-state index in [1.54, 1.807) is 19.6 Å². The van der Waals surface area contributed by atoms with Gasteiger partial charge in [-0.25, -0.2) is 0 Å². The second kappa shape index (κ2) is 6.78. The molecule has 21 heavy (non-hydrogen) atoms. The number of methoxy groups -OCH3 is 1. The Morgan fingerprint density at radius 3 is 2.67 bits per heavy atom. The van der Waals surface area contributed by atoms with Gasteiger partial charge < -0.3 is 14.9 Å². The Morgan fingerprint density at radius 2 is 2.05 bits per heavy atom. The van der Waals surface area contributed by atoms with Gasteiger partial charge in [-0.1, -0.05) is 18.2 Å². The van der Waals surface area contributed by atoms with Crippen LogP contribution in [0.2, 0.25) is 0 Å². The summed E-state index contributed by atoms with van der Waals surface area (Å²) in [6, 6.07) is 10.1. The minimum atomic E-state index is -0.147. The van der Waals surface area contributed by atoms with E-state index in [2.05, 4.69) is 24.9 Å². The first-order valence-electron chi connectivity index (χ1n) is 7.13. The Hall–Kier alpha value is -1.78. The van der Waals surface area contributed by atoms with Gasteiger partial charge in [0, 0.05) is 24.2 Å². The van der Waals surface area contributed by atoms with Crippen molar-refractivity contribution in [1.82, 2.24) is 4.90 Å². The van der Waals surface area contributed by atoms with Gasteiger partial charge in [0.25, 0.3) is 0 Å². The minimum Gasteiger partial charge on any atom is -0.496 e. The van der Waals surface area contributed by atoms with Crippen molar-refractivity contribution >= 4 is 0 Å². The van der Waals surface area contributed by atoms with Gasteiger partial charge in [0.15, 0.2) is 0 Å². The van der Waals surface area contributed by atoms with Crippen molar-refractivity contribution in [2.45, 2.75) is 25.4 Å². The molecule has 4 heteroatoms. The molecule has 0 saturated heterocycles. The van der Waals surface area contributed by atoms with Crippen LogP contribution in [0.15, 0.2) is 47.3 Å². The van der Waals surface area contributed by atoms with Crippen LogP contribution in [0.4, 0.5) is 0 Å². The fourth-order valence-corrected chi connectivity index (χ4v) is 2.47. The molecule has 2 N–H and O–H groups in total. The van der Waals surface area contributed by atoms with Crippen LogP contribution < -0.4 is 10.5 Å². The maximum absolute atomic E-state index is 6.07. The highest BCUT2D eigenvalue weighted by atomic mass is 16.5. The molecule has 0 aliphatic rings. The molecule has 2 aromatic rings. The number of para-hydroxylation sites is 1. The maximum atomic E-state index is 6.07. The number of ether oxygens (including phenoxy) is 1. The lowest BCUT2D eigenvalue weighted by Gasteiger charge is -2.38. The Balaban J connectivity index is 2.16. The minimum absolute atomic E-state index is 0.147. The molecule has 0 fully saturated rings. The van der Waals surface area contributed by atoms with E-state index in [4.69, 9.17) is 14.9 Å². The van der Waals surface area contributed by atoms with Crippen molar-refractivity contribution < 1.29 is 9.15 Å². The lowest BCUT2D eigenvalue weighted by Crippen LogP contribution is -2.50. The second-order valence-corrected chi connectivity index (χ2v) is 5.68. The molecule has 1 heterocycles. The van der Waals surface area contributed by atoms with Gasteiger partial charge in [-0.3, -0.25) is 4.90 Å². The zero-order chi connectivity index (χ0) is 15.3. The highest BCUT2D eigenvalue weighted by Gasteiger charge is 2.29. The van der Waals surface area contributed by atoms with E-state index < -0.39 is 0 Å². The van der Waals surface area contributed by atoms with Crippen LogP contribution in [0.5, 0.6) is 5.75 Å². The molecule has 1 aromatic heterocycles. The number of hydrogen-bond acceptors (Lipinski definition) is 4. The zero-order valence-electron chi connectivity index (χ0n) is 13.0. The van der Waals surface area contributed by atoms with Crippen molar-refractivity contribution in [1.29, 1.82) is 0 Å². The molecule has 1 atom stereocenters. The predicted octanol–water partition coefficient (Wildman–Crippen LogP) is 2.68. The van der Waals surface area contributed by atoms with Gasteiger partial charge in [0.05, 0.1) is 19.6 Å². The molecule has 4 nitrogen and oxygen atoms in total. The van der Waals surface area contributed by atoms with E-state index in [1.807, 2.05) is 24.3 Å². The first kappa shape index (κ1) is 15.6. The third-order valence-electron chi connectivity index (χ3n) is 4.12. The van der Waals surface area contributed by atoms with Gasteiger partial charge in [-0.15, -0.1) is 0 Å². The molecule has 0 amide bonds. The van der Waals surface area contributed by atoms with Crippen LogP contribution in [-0.4, -0.2) is 31.1 Å². The molecule has 0 bridgehead atoms. The van der Waals surface area contributed by atoms with Crippen molar-refractivity contribution in [3.05, 3.63) is 54.0 Å². The van der Waals surface area contributed by atoms with Crippen molar-refractivity contribution in [2.24, 2.45) is 5.73 Å². The highest BCUT2D eigenvalue weighted by Crippen LogP contribution is 2.26. The van der Waals surface area contributed by atoms with Crippen LogP contribution in [0.3, 0.4) is 0 Å². The van der Waals surface area contributed by atoms with E-state index in [1.165, 1.54) is 5.56 Å². The molecule has 2 rings (SSSR count). The van der Waals surface area contributed by atoms with Crippen molar-refractivity contribution in [3.63, 3.8) is 0 Å². The smallest absolute Gasteiger partial charge is 0.122 e. The first-order valence-corrected chi connectivity index (χ1v) is 7.13. The van der Waals surface area contributed by atoms with Crippen LogP contribution in [-0.2, 0) is 13.0 Å². The summed E-state index contributed by atoms with van der Waals surface area (Å²) in [6.07, 6.45) is 4.31. The number of hydrogen-bond donors (Lipinski definition) is 1. The summed E-state index contributed by atoms with van der Waals surface area (Å²) in [7, 11) is 3.79. The Morgan fingerprint density at radius 1 is 1.29 bits per heavy atom. The third kappa shape index (κ3) is 3.65. The van der Waals surface area contributed by atoms with Gasteiger partial charge >= 0.3 is 0 Å². The average molecular weight is 288 g/mol. The molecule has 114 valence electrons. The van der Waals surface area contributed by atoms with Crippen LogP contribution in [0, 0.1) is 0 Å². The predicted molar refractivity (Wildman–Crippen MR) is 84.3 cm³/mol. The average Bonchev–Trinajstić information content (AvgIpc) is 3.00. The summed E-state index contributed by atoms with van der Waals surface area (Å²) in [5, 5.41) is 0. The zero-order valence-corrected chi connectivity index (χ0v) is 13.0. The molecule has 0 radical (unpaired) electrons. The topological polar surface area (TPSA) is 51.6 Å². The number of likely N-dealkylation sites (N-methyl/N-ethyl adjacent to an activating group) is 1. The molecule has 0 spiro atoms. The third-order valence-corrected chi connectivity index (χ3v) is 4.12. The molecule has 0 aliphatic carbocycles. The summed E-state index contributed by atoms with van der Waals surface area (Å²) < 4.78 is 10.6. The van der Waals surface area contributed by atoms with Crippen LogP contribution in [0.25, 0.3) is 0 Å². The van der Waals surface area contributed by atoms with E-state index >= 15 is 0 Å². The Labute approximate surface area is 126 Å².